The molecule has 1 fully saturated rings. The van der Waals surface area contributed by atoms with Gasteiger partial charge in [0.2, 0.25) is 0 Å². The van der Waals surface area contributed by atoms with Crippen LogP contribution in [0.1, 0.15) is 22.7 Å². The second-order valence-corrected chi connectivity index (χ2v) is 6.85. The molecule has 1 aliphatic heterocycles. The van der Waals surface area contributed by atoms with Gasteiger partial charge < -0.3 is 10.2 Å². The number of guanidine groups is 1. The van der Waals surface area contributed by atoms with E-state index in [0.717, 1.165) is 17.3 Å². The fraction of sp³-hybridized carbons (Fsp3) is 0.174. The minimum atomic E-state index is -4.40. The molecule has 0 radical (unpaired) electrons. The van der Waals surface area contributed by atoms with Crippen molar-refractivity contribution < 1.29 is 13.2 Å². The maximum Gasteiger partial charge on any atom is 0.416 e. The quantitative estimate of drug-likeness (QED) is 0.639. The lowest BCUT2D eigenvalue weighted by molar-refractivity contribution is -0.138. The number of para-hydroxylation sites is 1. The summed E-state index contributed by atoms with van der Waals surface area (Å²) in [5.74, 6) is 0.571. The van der Waals surface area contributed by atoms with Crippen molar-refractivity contribution in [2.75, 3.05) is 11.4 Å². The number of nitrogens with zero attached hydrogens (tertiary/aromatic N) is 2. The average Bonchev–Trinajstić information content (AvgIpc) is 3.17. The van der Waals surface area contributed by atoms with Crippen molar-refractivity contribution in [2.45, 2.75) is 18.8 Å². The zero-order chi connectivity index (χ0) is 20.3. The van der Waals surface area contributed by atoms with Gasteiger partial charge in [0.05, 0.1) is 24.7 Å². The highest BCUT2D eigenvalue weighted by molar-refractivity contribution is 5.98. The standard InChI is InChI=1S/C23H20F3N3/c24-23(25,26)20-14-8-7-11-18(20)15-27-22-28-21(17-9-3-1-4-10-17)16-29(22)19-12-5-2-6-13-19/h1-14,21H,15-16H2,(H,27,28). The molecule has 0 bridgehead atoms. The summed E-state index contributed by atoms with van der Waals surface area (Å²) in [7, 11) is 0. The van der Waals surface area contributed by atoms with Gasteiger partial charge in [-0.25, -0.2) is 4.99 Å². The Kier molecular flexibility index (Phi) is 5.25. The lowest BCUT2D eigenvalue weighted by atomic mass is 10.1. The first-order valence-corrected chi connectivity index (χ1v) is 9.36. The van der Waals surface area contributed by atoms with Crippen molar-refractivity contribution in [1.29, 1.82) is 0 Å². The Morgan fingerprint density at radius 3 is 2.17 bits per heavy atom. The van der Waals surface area contributed by atoms with Crippen LogP contribution in [-0.2, 0) is 12.7 Å². The first-order chi connectivity index (χ1) is 14.0. The molecule has 3 aromatic rings. The Balaban J connectivity index is 1.65. The van der Waals surface area contributed by atoms with E-state index in [9.17, 15) is 13.2 Å². The summed E-state index contributed by atoms with van der Waals surface area (Å²) in [6.45, 7) is 0.594. The summed E-state index contributed by atoms with van der Waals surface area (Å²) in [5, 5.41) is 3.38. The van der Waals surface area contributed by atoms with Crippen molar-refractivity contribution in [3.05, 3.63) is 102 Å². The second kappa shape index (κ2) is 7.99. The lowest BCUT2D eigenvalue weighted by Crippen LogP contribution is -2.30. The molecule has 0 amide bonds. The highest BCUT2D eigenvalue weighted by atomic mass is 19.4. The maximum atomic E-state index is 13.3. The topological polar surface area (TPSA) is 27.6 Å². The van der Waals surface area contributed by atoms with Gasteiger partial charge in [-0.2, -0.15) is 13.2 Å². The summed E-state index contributed by atoms with van der Waals surface area (Å²) in [4.78, 5) is 6.54. The van der Waals surface area contributed by atoms with Crippen LogP contribution in [0.2, 0.25) is 0 Å². The van der Waals surface area contributed by atoms with E-state index in [1.54, 1.807) is 6.07 Å². The van der Waals surface area contributed by atoms with Crippen LogP contribution in [0.25, 0.3) is 0 Å². The summed E-state index contributed by atoms with van der Waals surface area (Å²) < 4.78 is 39.9. The third-order valence-electron chi connectivity index (χ3n) is 4.92. The fourth-order valence-corrected chi connectivity index (χ4v) is 3.48. The van der Waals surface area contributed by atoms with Crippen LogP contribution < -0.4 is 10.2 Å². The van der Waals surface area contributed by atoms with Gasteiger partial charge in [-0.3, -0.25) is 0 Å². The smallest absolute Gasteiger partial charge is 0.347 e. The third kappa shape index (κ3) is 4.26. The number of halogens is 3. The normalized spacial score (nSPS) is 18.1. The molecule has 0 spiro atoms. The van der Waals surface area contributed by atoms with E-state index in [0.29, 0.717) is 12.5 Å². The summed E-state index contributed by atoms with van der Waals surface area (Å²) in [6.07, 6.45) is -4.40. The van der Waals surface area contributed by atoms with E-state index in [4.69, 9.17) is 0 Å². The summed E-state index contributed by atoms with van der Waals surface area (Å²) >= 11 is 0. The molecule has 0 aromatic heterocycles. The number of hydrogen-bond acceptors (Lipinski definition) is 1. The Morgan fingerprint density at radius 1 is 0.862 bits per heavy atom. The molecule has 3 nitrogen and oxygen atoms in total. The molecule has 1 unspecified atom stereocenters. The molecule has 148 valence electrons. The largest absolute Gasteiger partial charge is 0.416 e. The fourth-order valence-electron chi connectivity index (χ4n) is 3.48. The van der Waals surface area contributed by atoms with Gasteiger partial charge in [-0.05, 0) is 29.3 Å². The van der Waals surface area contributed by atoms with Gasteiger partial charge in [0.25, 0.3) is 0 Å². The first-order valence-electron chi connectivity index (χ1n) is 9.36. The summed E-state index contributed by atoms with van der Waals surface area (Å²) in [6, 6.07) is 25.3. The van der Waals surface area contributed by atoms with Crippen LogP contribution in [0.4, 0.5) is 18.9 Å². The van der Waals surface area contributed by atoms with Crippen LogP contribution in [0, 0.1) is 0 Å². The van der Waals surface area contributed by atoms with Crippen molar-refractivity contribution in [2.24, 2.45) is 4.99 Å². The Hall–Kier alpha value is -3.28. The Labute approximate surface area is 167 Å². The van der Waals surface area contributed by atoms with Crippen LogP contribution in [0.5, 0.6) is 0 Å². The number of rotatable bonds is 4. The Bertz CT molecular complexity index is 985. The number of benzene rings is 3. The molecule has 3 aromatic carbocycles. The molecule has 0 saturated carbocycles. The van der Waals surface area contributed by atoms with Gasteiger partial charge in [0.15, 0.2) is 5.96 Å². The van der Waals surface area contributed by atoms with E-state index < -0.39 is 11.7 Å². The second-order valence-electron chi connectivity index (χ2n) is 6.85. The molecule has 4 rings (SSSR count). The zero-order valence-corrected chi connectivity index (χ0v) is 15.6. The number of anilines is 1. The minimum absolute atomic E-state index is 0.00742. The highest BCUT2D eigenvalue weighted by Gasteiger charge is 2.33. The van der Waals surface area contributed by atoms with Gasteiger partial charge in [0.1, 0.15) is 0 Å². The molecule has 1 heterocycles. The van der Waals surface area contributed by atoms with Gasteiger partial charge in [0, 0.05) is 5.69 Å². The average molecular weight is 395 g/mol. The van der Waals surface area contributed by atoms with Crippen LogP contribution >= 0.6 is 0 Å². The predicted octanol–water partition coefficient (Wildman–Crippen LogP) is 5.41. The molecule has 29 heavy (non-hydrogen) atoms. The van der Waals surface area contributed by atoms with E-state index in [-0.39, 0.29) is 18.2 Å². The number of aliphatic imine (C=N–C) groups is 1. The molecular weight excluding hydrogens is 375 g/mol. The molecule has 6 heteroatoms. The van der Waals surface area contributed by atoms with Crippen LogP contribution in [0.3, 0.4) is 0 Å². The molecule has 1 saturated heterocycles. The van der Waals surface area contributed by atoms with Crippen molar-refractivity contribution in [3.8, 4) is 0 Å². The van der Waals surface area contributed by atoms with E-state index >= 15 is 0 Å². The Morgan fingerprint density at radius 2 is 1.48 bits per heavy atom. The molecular formula is C23H20F3N3. The monoisotopic (exact) mass is 395 g/mol. The first kappa shape index (κ1) is 19.1. The number of hydrogen-bond donors (Lipinski definition) is 1. The maximum absolute atomic E-state index is 13.3. The van der Waals surface area contributed by atoms with E-state index in [1.807, 2.05) is 65.6 Å². The van der Waals surface area contributed by atoms with Crippen molar-refractivity contribution >= 4 is 11.6 Å². The van der Waals surface area contributed by atoms with Gasteiger partial charge in [-0.1, -0.05) is 66.7 Å². The van der Waals surface area contributed by atoms with E-state index in [2.05, 4.69) is 10.3 Å². The molecule has 1 aliphatic rings. The van der Waals surface area contributed by atoms with Gasteiger partial charge in [-0.15, -0.1) is 0 Å². The molecule has 0 aliphatic carbocycles. The van der Waals surface area contributed by atoms with E-state index in [1.165, 1.54) is 12.1 Å². The zero-order valence-electron chi connectivity index (χ0n) is 15.6. The number of alkyl halides is 3. The van der Waals surface area contributed by atoms with Crippen LogP contribution in [0.15, 0.2) is 89.9 Å². The molecule has 1 N–H and O–H groups in total. The lowest BCUT2D eigenvalue weighted by Gasteiger charge is -2.18. The third-order valence-corrected chi connectivity index (χ3v) is 4.92. The van der Waals surface area contributed by atoms with Crippen molar-refractivity contribution in [1.82, 2.24) is 5.32 Å². The molecule has 1 atom stereocenters. The number of nitrogens with one attached hydrogen (secondary N) is 1. The van der Waals surface area contributed by atoms with Crippen molar-refractivity contribution in [3.63, 3.8) is 0 Å². The SMILES string of the molecule is FC(F)(F)c1ccccc1CN=C1NC(c2ccccc2)CN1c1ccccc1. The van der Waals surface area contributed by atoms with Crippen LogP contribution in [-0.4, -0.2) is 12.5 Å². The summed E-state index contributed by atoms with van der Waals surface area (Å²) in [5.41, 5.74) is 1.56. The highest BCUT2D eigenvalue weighted by Crippen LogP contribution is 2.32. The predicted molar refractivity (Wildman–Crippen MR) is 109 cm³/mol. The minimum Gasteiger partial charge on any atom is -0.347 e. The van der Waals surface area contributed by atoms with Gasteiger partial charge >= 0.3 is 6.18 Å².